The topological polar surface area (TPSA) is 55.8 Å². The molecule has 0 amide bonds. The van der Waals surface area contributed by atoms with Crippen LogP contribution in [0.3, 0.4) is 0 Å². The van der Waals surface area contributed by atoms with Crippen molar-refractivity contribution in [3.8, 4) is 5.75 Å². The van der Waals surface area contributed by atoms with Gasteiger partial charge in [-0.25, -0.2) is 8.42 Å². The molecule has 6 heteroatoms. The van der Waals surface area contributed by atoms with Gasteiger partial charge < -0.3 is 9.47 Å². The fourth-order valence-electron chi connectivity index (χ4n) is 2.78. The molecule has 1 saturated heterocycles. The second-order valence-electron chi connectivity index (χ2n) is 5.67. The van der Waals surface area contributed by atoms with Gasteiger partial charge in [0.05, 0.1) is 24.2 Å². The third kappa shape index (κ3) is 3.22. The predicted octanol–water partition coefficient (Wildman–Crippen LogP) is 2.11. The zero-order chi connectivity index (χ0) is 15.8. The van der Waals surface area contributed by atoms with Crippen LogP contribution in [0.1, 0.15) is 25.0 Å². The highest BCUT2D eigenvalue weighted by molar-refractivity contribution is 7.89. The van der Waals surface area contributed by atoms with Gasteiger partial charge in [0.15, 0.2) is 0 Å². The quantitative estimate of drug-likeness (QED) is 0.857. The Kier molecular flexibility index (Phi) is 4.60. The Morgan fingerprint density at radius 1 is 1.14 bits per heavy atom. The molecule has 0 radical (unpaired) electrons. The maximum atomic E-state index is 12.9. The van der Waals surface area contributed by atoms with E-state index in [-0.39, 0.29) is 12.2 Å². The van der Waals surface area contributed by atoms with Gasteiger partial charge in [0.2, 0.25) is 10.0 Å². The molecule has 0 aromatic heterocycles. The minimum Gasteiger partial charge on any atom is -0.496 e. The molecule has 0 bridgehead atoms. The molecule has 0 spiro atoms. The van der Waals surface area contributed by atoms with Gasteiger partial charge in [-0.3, -0.25) is 0 Å². The van der Waals surface area contributed by atoms with Crippen molar-refractivity contribution in [1.29, 1.82) is 0 Å². The van der Waals surface area contributed by atoms with Gasteiger partial charge >= 0.3 is 0 Å². The van der Waals surface area contributed by atoms with E-state index in [1.54, 1.807) is 13.2 Å². The summed E-state index contributed by atoms with van der Waals surface area (Å²) in [4.78, 5) is 0.311. The number of benzene rings is 1. The van der Waals surface area contributed by atoms with E-state index in [1.165, 1.54) is 4.31 Å². The van der Waals surface area contributed by atoms with E-state index in [4.69, 9.17) is 9.47 Å². The summed E-state index contributed by atoms with van der Waals surface area (Å²) in [7, 11) is -1.99. The standard InChI is InChI=1S/C15H23NO4S/c1-10-6-11(2)15(7-14(10)19-5)21(17,18)16-8-12(3)20-13(4)9-16/h6-7,12-13H,8-9H2,1-5H3/t12-,13+. The SMILES string of the molecule is COc1cc(S(=O)(=O)N2C[C@@H](C)O[C@@H](C)C2)c(C)cc1C. The van der Waals surface area contributed by atoms with Gasteiger partial charge in [-0.1, -0.05) is 6.07 Å². The fraction of sp³-hybridized carbons (Fsp3) is 0.600. The molecule has 0 unspecified atom stereocenters. The zero-order valence-electron chi connectivity index (χ0n) is 13.2. The Morgan fingerprint density at radius 3 is 2.24 bits per heavy atom. The highest BCUT2D eigenvalue weighted by Crippen LogP contribution is 2.29. The summed E-state index contributed by atoms with van der Waals surface area (Å²) in [6, 6.07) is 3.46. The van der Waals surface area contributed by atoms with Gasteiger partial charge in [-0.05, 0) is 38.8 Å². The molecule has 0 aliphatic carbocycles. The van der Waals surface area contributed by atoms with Gasteiger partial charge in [-0.2, -0.15) is 4.31 Å². The molecule has 0 N–H and O–H groups in total. The molecule has 1 aliphatic rings. The summed E-state index contributed by atoms with van der Waals surface area (Å²) in [5.74, 6) is 0.591. The molecule has 1 aromatic carbocycles. The first-order chi connectivity index (χ1) is 9.75. The number of ether oxygens (including phenoxy) is 2. The summed E-state index contributed by atoms with van der Waals surface area (Å²) in [6.07, 6.45) is -0.202. The van der Waals surface area contributed by atoms with E-state index in [0.717, 1.165) is 11.1 Å². The molecule has 1 fully saturated rings. The van der Waals surface area contributed by atoms with Crippen molar-refractivity contribution in [3.63, 3.8) is 0 Å². The van der Waals surface area contributed by atoms with Crippen LogP contribution in [0.4, 0.5) is 0 Å². The Labute approximate surface area is 126 Å². The van der Waals surface area contributed by atoms with Crippen LogP contribution in [-0.2, 0) is 14.8 Å². The summed E-state index contributed by atoms with van der Waals surface area (Å²) < 4.78 is 38.2. The van der Waals surface area contributed by atoms with Crippen molar-refractivity contribution in [2.45, 2.75) is 44.8 Å². The number of hydrogen-bond donors (Lipinski definition) is 0. The van der Waals surface area contributed by atoms with Gasteiger partial charge in [0.1, 0.15) is 5.75 Å². The third-order valence-electron chi connectivity index (χ3n) is 3.70. The summed E-state index contributed by atoms with van der Waals surface area (Å²) in [5.41, 5.74) is 1.66. The van der Waals surface area contributed by atoms with Crippen LogP contribution in [0.25, 0.3) is 0 Å². The first kappa shape index (κ1) is 16.3. The second-order valence-corrected chi connectivity index (χ2v) is 7.57. The largest absolute Gasteiger partial charge is 0.496 e. The lowest BCUT2D eigenvalue weighted by Crippen LogP contribution is -2.48. The van der Waals surface area contributed by atoms with Crippen molar-refractivity contribution < 1.29 is 17.9 Å². The number of hydrogen-bond acceptors (Lipinski definition) is 4. The van der Waals surface area contributed by atoms with E-state index >= 15 is 0 Å². The average molecular weight is 313 g/mol. The minimum absolute atomic E-state index is 0.101. The monoisotopic (exact) mass is 313 g/mol. The molecular weight excluding hydrogens is 290 g/mol. The molecule has 2 rings (SSSR count). The van der Waals surface area contributed by atoms with Crippen LogP contribution in [0.15, 0.2) is 17.0 Å². The number of methoxy groups -OCH3 is 1. The number of aryl methyl sites for hydroxylation is 2. The Morgan fingerprint density at radius 2 is 1.71 bits per heavy atom. The Hall–Kier alpha value is -1.11. The summed E-state index contributed by atoms with van der Waals surface area (Å²) in [5, 5.41) is 0. The molecule has 2 atom stereocenters. The van der Waals surface area contributed by atoms with Crippen molar-refractivity contribution >= 4 is 10.0 Å². The van der Waals surface area contributed by atoms with E-state index in [9.17, 15) is 8.42 Å². The molecule has 1 aromatic rings. The second kappa shape index (κ2) is 5.94. The lowest BCUT2D eigenvalue weighted by Gasteiger charge is -2.34. The molecule has 118 valence electrons. The van der Waals surface area contributed by atoms with E-state index < -0.39 is 10.0 Å². The molecule has 0 saturated carbocycles. The van der Waals surface area contributed by atoms with Gasteiger partial charge in [0.25, 0.3) is 0 Å². The van der Waals surface area contributed by atoms with Crippen LogP contribution in [0, 0.1) is 13.8 Å². The van der Waals surface area contributed by atoms with Crippen LogP contribution < -0.4 is 4.74 Å². The Bertz CT molecular complexity index is 617. The molecule has 5 nitrogen and oxygen atoms in total. The molecule has 1 heterocycles. The van der Waals surface area contributed by atoms with Crippen molar-refractivity contribution in [2.24, 2.45) is 0 Å². The lowest BCUT2D eigenvalue weighted by atomic mass is 10.1. The maximum absolute atomic E-state index is 12.9. The van der Waals surface area contributed by atoms with E-state index in [2.05, 4.69) is 0 Å². The fourth-order valence-corrected chi connectivity index (χ4v) is 4.59. The van der Waals surface area contributed by atoms with Crippen LogP contribution in [0.5, 0.6) is 5.75 Å². The zero-order valence-corrected chi connectivity index (χ0v) is 14.0. The third-order valence-corrected chi connectivity index (χ3v) is 5.67. The average Bonchev–Trinajstić information content (AvgIpc) is 2.37. The molecular formula is C15H23NO4S. The minimum atomic E-state index is -3.53. The smallest absolute Gasteiger partial charge is 0.243 e. The lowest BCUT2D eigenvalue weighted by molar-refractivity contribution is -0.0440. The highest BCUT2D eigenvalue weighted by atomic mass is 32.2. The maximum Gasteiger partial charge on any atom is 0.243 e. The highest BCUT2D eigenvalue weighted by Gasteiger charge is 2.33. The van der Waals surface area contributed by atoms with Crippen LogP contribution in [0.2, 0.25) is 0 Å². The number of sulfonamides is 1. The summed E-state index contributed by atoms with van der Waals surface area (Å²) in [6.45, 7) is 8.25. The Balaban J connectivity index is 2.44. The van der Waals surface area contributed by atoms with E-state index in [1.807, 2.05) is 33.8 Å². The normalized spacial score (nSPS) is 24.0. The summed E-state index contributed by atoms with van der Waals surface area (Å²) >= 11 is 0. The van der Waals surface area contributed by atoms with Crippen molar-refractivity contribution in [2.75, 3.05) is 20.2 Å². The number of morpholine rings is 1. The van der Waals surface area contributed by atoms with Crippen molar-refractivity contribution in [1.82, 2.24) is 4.31 Å². The number of nitrogens with zero attached hydrogens (tertiary/aromatic N) is 1. The molecule has 21 heavy (non-hydrogen) atoms. The van der Waals surface area contributed by atoms with Crippen LogP contribution >= 0.6 is 0 Å². The molecule has 1 aliphatic heterocycles. The van der Waals surface area contributed by atoms with Gasteiger partial charge in [0, 0.05) is 19.2 Å². The first-order valence-corrected chi connectivity index (χ1v) is 8.50. The van der Waals surface area contributed by atoms with Crippen LogP contribution in [-0.4, -0.2) is 45.1 Å². The van der Waals surface area contributed by atoms with E-state index in [0.29, 0.717) is 23.7 Å². The first-order valence-electron chi connectivity index (χ1n) is 7.06. The predicted molar refractivity (Wildman–Crippen MR) is 81.2 cm³/mol. The van der Waals surface area contributed by atoms with Gasteiger partial charge in [-0.15, -0.1) is 0 Å². The van der Waals surface area contributed by atoms with Crippen molar-refractivity contribution in [3.05, 3.63) is 23.3 Å². The number of rotatable bonds is 3.